The second kappa shape index (κ2) is 11.8. The molecule has 0 spiro atoms. The van der Waals surface area contributed by atoms with Gasteiger partial charge in [-0.1, -0.05) is 41.7 Å². The Hall–Kier alpha value is -4.85. The van der Waals surface area contributed by atoms with Crippen LogP contribution < -0.4 is 20.2 Å². The zero-order chi connectivity index (χ0) is 32.1. The summed E-state index contributed by atoms with van der Waals surface area (Å²) in [6.07, 6.45) is 6.04. The zero-order valence-electron chi connectivity index (χ0n) is 25.6. The summed E-state index contributed by atoms with van der Waals surface area (Å²) in [5, 5.41) is 14.0. The van der Waals surface area contributed by atoms with E-state index in [1.54, 1.807) is 42.5 Å². The molecule has 10 heteroatoms. The first-order chi connectivity index (χ1) is 22.2. The predicted octanol–water partition coefficient (Wildman–Crippen LogP) is 6.23. The highest BCUT2D eigenvalue weighted by Crippen LogP contribution is 2.38. The van der Waals surface area contributed by atoms with E-state index < -0.39 is 11.9 Å². The van der Waals surface area contributed by atoms with Gasteiger partial charge in [0.05, 0.1) is 27.4 Å². The minimum Gasteiger partial charge on any atom is -0.322 e. The molecule has 0 saturated carbocycles. The summed E-state index contributed by atoms with van der Waals surface area (Å²) >= 11 is 2.95. The zero-order valence-corrected chi connectivity index (χ0v) is 27.2. The summed E-state index contributed by atoms with van der Waals surface area (Å²) in [6, 6.07) is 18.7. The van der Waals surface area contributed by atoms with Crippen LogP contribution in [0.4, 0.5) is 10.1 Å². The largest absolute Gasteiger partial charge is 0.322 e. The first-order valence-corrected chi connectivity index (χ1v) is 16.8. The SMILES string of the molecule is CC1=C(C(=O)Nc2ccccc2)[C@H](c2ccc(F)cc2)n2c(s/c(=C/c3cc(C)n(-c4sc5c(c4C#N)CCCC5)c3C)c2=O)=N1. The highest BCUT2D eigenvalue weighted by Gasteiger charge is 2.33. The minimum atomic E-state index is -0.800. The number of allylic oxidation sites excluding steroid dienone is 1. The Bertz CT molecular complexity index is 2280. The summed E-state index contributed by atoms with van der Waals surface area (Å²) in [5.74, 6) is -0.791. The summed E-state index contributed by atoms with van der Waals surface area (Å²) in [4.78, 5) is 34.4. The molecule has 1 atom stereocenters. The molecule has 1 amide bonds. The van der Waals surface area contributed by atoms with Crippen molar-refractivity contribution in [2.75, 3.05) is 5.32 Å². The Morgan fingerprint density at radius 1 is 1.07 bits per heavy atom. The molecule has 7 nitrogen and oxygen atoms in total. The second-order valence-electron chi connectivity index (χ2n) is 11.6. The number of hydrogen-bond acceptors (Lipinski definition) is 6. The minimum absolute atomic E-state index is 0.287. The molecule has 0 saturated heterocycles. The maximum Gasteiger partial charge on any atom is 0.271 e. The quantitative estimate of drug-likeness (QED) is 0.245. The number of aromatic nitrogens is 2. The molecule has 2 aromatic carbocycles. The number of hydrogen-bond donors (Lipinski definition) is 1. The van der Waals surface area contributed by atoms with Gasteiger partial charge >= 0.3 is 0 Å². The smallest absolute Gasteiger partial charge is 0.271 e. The number of nitriles is 1. The van der Waals surface area contributed by atoms with Crippen LogP contribution >= 0.6 is 22.7 Å². The van der Waals surface area contributed by atoms with Crippen molar-refractivity contribution in [2.24, 2.45) is 4.99 Å². The van der Waals surface area contributed by atoms with Crippen LogP contribution in [0, 0.1) is 31.0 Å². The highest BCUT2D eigenvalue weighted by atomic mass is 32.1. The van der Waals surface area contributed by atoms with Gasteiger partial charge in [0.2, 0.25) is 0 Å². The molecule has 0 bridgehead atoms. The van der Waals surface area contributed by atoms with Crippen molar-refractivity contribution >= 4 is 40.3 Å². The number of anilines is 1. The molecular formula is C36H30FN5O2S2. The van der Waals surface area contributed by atoms with Crippen LogP contribution in [0.5, 0.6) is 0 Å². The van der Waals surface area contributed by atoms with Crippen LogP contribution in [0.3, 0.4) is 0 Å². The summed E-state index contributed by atoms with van der Waals surface area (Å²) < 4.78 is 18.1. The number of halogens is 1. The van der Waals surface area contributed by atoms with Gasteiger partial charge in [0.15, 0.2) is 4.80 Å². The van der Waals surface area contributed by atoms with Crippen molar-refractivity contribution in [2.45, 2.75) is 52.5 Å². The Labute approximate surface area is 272 Å². The van der Waals surface area contributed by atoms with E-state index in [4.69, 9.17) is 4.99 Å². The lowest BCUT2D eigenvalue weighted by atomic mass is 9.95. The predicted molar refractivity (Wildman–Crippen MR) is 180 cm³/mol. The summed E-state index contributed by atoms with van der Waals surface area (Å²) in [5.41, 5.74) is 6.45. The second-order valence-corrected chi connectivity index (χ2v) is 13.7. The molecule has 0 radical (unpaired) electrons. The number of thiazole rings is 1. The van der Waals surface area contributed by atoms with Gasteiger partial charge in [-0.25, -0.2) is 9.38 Å². The Balaban J connectivity index is 1.35. The molecule has 5 aromatic rings. The van der Waals surface area contributed by atoms with Crippen LogP contribution in [-0.2, 0) is 17.6 Å². The number of carbonyl (C=O) groups excluding carboxylic acids is 1. The lowest BCUT2D eigenvalue weighted by Crippen LogP contribution is -2.40. The Morgan fingerprint density at radius 2 is 1.80 bits per heavy atom. The monoisotopic (exact) mass is 647 g/mol. The van der Waals surface area contributed by atoms with E-state index in [9.17, 15) is 19.2 Å². The van der Waals surface area contributed by atoms with Gasteiger partial charge in [-0.05, 0) is 99.6 Å². The number of rotatable bonds is 5. The fraction of sp³-hybridized carbons (Fsp3) is 0.222. The first kappa shape index (κ1) is 29.8. The molecular weight excluding hydrogens is 618 g/mol. The number of para-hydroxylation sites is 1. The van der Waals surface area contributed by atoms with Crippen LogP contribution in [0.15, 0.2) is 81.7 Å². The van der Waals surface area contributed by atoms with Crippen LogP contribution in [0.2, 0.25) is 0 Å². The van der Waals surface area contributed by atoms with Crippen molar-refractivity contribution in [1.82, 2.24) is 9.13 Å². The Morgan fingerprint density at radius 3 is 2.54 bits per heavy atom. The molecule has 2 aliphatic rings. The molecule has 46 heavy (non-hydrogen) atoms. The summed E-state index contributed by atoms with van der Waals surface area (Å²) in [7, 11) is 0. The normalized spacial score (nSPS) is 16.1. The molecule has 230 valence electrons. The van der Waals surface area contributed by atoms with Gasteiger partial charge in [0.25, 0.3) is 11.5 Å². The highest BCUT2D eigenvalue weighted by molar-refractivity contribution is 7.15. The number of fused-ring (bicyclic) bond motifs is 2. The van der Waals surface area contributed by atoms with Gasteiger partial charge in [0.1, 0.15) is 16.9 Å². The van der Waals surface area contributed by atoms with E-state index >= 15 is 0 Å². The van der Waals surface area contributed by atoms with Gasteiger partial charge in [-0.2, -0.15) is 5.26 Å². The fourth-order valence-corrected chi connectivity index (χ4v) is 8.99. The van der Waals surface area contributed by atoms with Crippen molar-refractivity contribution in [3.8, 4) is 11.1 Å². The van der Waals surface area contributed by atoms with Crippen molar-refractivity contribution < 1.29 is 9.18 Å². The van der Waals surface area contributed by atoms with Crippen LogP contribution in [0.1, 0.15) is 64.3 Å². The third-order valence-corrected chi connectivity index (χ3v) is 11.0. The molecule has 4 heterocycles. The fourth-order valence-electron chi connectivity index (χ4n) is 6.50. The Kier molecular flexibility index (Phi) is 7.67. The summed E-state index contributed by atoms with van der Waals surface area (Å²) in [6.45, 7) is 5.78. The van der Waals surface area contributed by atoms with E-state index in [1.807, 2.05) is 44.2 Å². The van der Waals surface area contributed by atoms with Crippen molar-refractivity contribution in [3.05, 3.63) is 136 Å². The number of nitrogens with zero attached hydrogens (tertiary/aromatic N) is 4. The van der Waals surface area contributed by atoms with Gasteiger partial charge in [0, 0.05) is 22.0 Å². The number of aryl methyl sites for hydroxylation is 2. The number of carbonyl (C=O) groups is 1. The molecule has 1 aliphatic carbocycles. The van der Waals surface area contributed by atoms with Crippen LogP contribution in [-0.4, -0.2) is 15.0 Å². The van der Waals surface area contributed by atoms with Gasteiger partial charge < -0.3 is 9.88 Å². The average Bonchev–Trinajstić information content (AvgIpc) is 3.66. The number of nitrogens with one attached hydrogen (secondary N) is 1. The van der Waals surface area contributed by atoms with Gasteiger partial charge in [-0.15, -0.1) is 11.3 Å². The van der Waals surface area contributed by atoms with E-state index in [2.05, 4.69) is 16.0 Å². The lowest BCUT2D eigenvalue weighted by Gasteiger charge is -2.25. The molecule has 1 aliphatic heterocycles. The molecule has 7 rings (SSSR count). The number of benzene rings is 2. The van der Waals surface area contributed by atoms with E-state index in [0.717, 1.165) is 53.2 Å². The molecule has 0 unspecified atom stereocenters. The van der Waals surface area contributed by atoms with Crippen LogP contribution in [0.25, 0.3) is 11.1 Å². The van der Waals surface area contributed by atoms with E-state index in [0.29, 0.717) is 31.9 Å². The van der Waals surface area contributed by atoms with E-state index in [-0.39, 0.29) is 11.5 Å². The molecule has 1 N–H and O–H groups in total. The van der Waals surface area contributed by atoms with Gasteiger partial charge in [-0.3, -0.25) is 14.2 Å². The molecule has 3 aromatic heterocycles. The average molecular weight is 648 g/mol. The maximum absolute atomic E-state index is 14.2. The third kappa shape index (κ3) is 5.06. The standard InChI is InChI=1S/C36H30FN5O2S2/c1-20-17-24(22(3)41(20)35-28(19-38)27-11-7-8-12-29(27)45-35)18-30-34(44)42-32(23-13-15-25(37)16-14-23)31(21(2)39-36(42)46-30)33(43)40-26-9-5-4-6-10-26/h4-6,9-10,13-18,32H,7-8,11-12H2,1-3H3,(H,40,43)/b30-18+/t32-/m0/s1. The first-order valence-electron chi connectivity index (χ1n) is 15.1. The topological polar surface area (TPSA) is 92.2 Å². The number of thiophene rings is 1. The van der Waals surface area contributed by atoms with Crippen molar-refractivity contribution in [1.29, 1.82) is 5.26 Å². The lowest BCUT2D eigenvalue weighted by molar-refractivity contribution is -0.113. The maximum atomic E-state index is 14.2. The third-order valence-electron chi connectivity index (χ3n) is 8.71. The molecule has 0 fully saturated rings. The number of amides is 1. The van der Waals surface area contributed by atoms with Crippen molar-refractivity contribution in [3.63, 3.8) is 0 Å². The van der Waals surface area contributed by atoms with E-state index in [1.165, 1.54) is 38.5 Å².